The SMILES string of the molecule is Cc1ccc([O][Sn])c(C)c1C. The first-order chi connectivity index (χ1) is 5.16. The Kier molecular flexibility index (Phi) is 2.82. The summed E-state index contributed by atoms with van der Waals surface area (Å²) in [6.45, 7) is 6.35. The Morgan fingerprint density at radius 2 is 1.73 bits per heavy atom. The molecule has 0 aliphatic heterocycles. The number of hydrogen-bond donors (Lipinski definition) is 0. The standard InChI is InChI=1S/C9H12O.Sn/c1-6-4-5-9(10)8(3)7(6)2;/h4-5,10H,1-3H3;/q;+1/p-1. The molecule has 0 unspecified atom stereocenters. The van der Waals surface area contributed by atoms with Gasteiger partial charge in [-0.2, -0.15) is 0 Å². The van der Waals surface area contributed by atoms with Crippen LogP contribution in [0.25, 0.3) is 0 Å². The third-order valence-corrected chi connectivity index (χ3v) is 2.75. The minimum atomic E-state index is 1.02. The molecule has 3 radical (unpaired) electrons. The molecule has 0 amide bonds. The van der Waals surface area contributed by atoms with Gasteiger partial charge in [0.2, 0.25) is 0 Å². The number of rotatable bonds is 1. The van der Waals surface area contributed by atoms with Crippen molar-refractivity contribution in [3.8, 4) is 5.75 Å². The van der Waals surface area contributed by atoms with Crippen LogP contribution in [0.15, 0.2) is 12.1 Å². The number of aryl methyl sites for hydroxylation is 1. The molecule has 0 aliphatic carbocycles. The van der Waals surface area contributed by atoms with Crippen molar-refractivity contribution < 1.29 is 3.07 Å². The first-order valence-electron chi connectivity index (χ1n) is 3.57. The molecule has 0 atom stereocenters. The Hall–Kier alpha value is -0.181. The van der Waals surface area contributed by atoms with Gasteiger partial charge in [0.15, 0.2) is 0 Å². The molecule has 1 aromatic rings. The van der Waals surface area contributed by atoms with E-state index in [1.807, 2.05) is 6.07 Å². The van der Waals surface area contributed by atoms with E-state index in [0.717, 1.165) is 28.7 Å². The second kappa shape index (κ2) is 3.48. The molecule has 2 heteroatoms. The summed E-state index contributed by atoms with van der Waals surface area (Å²) >= 11 is 1.10. The van der Waals surface area contributed by atoms with Crippen molar-refractivity contribution in [3.63, 3.8) is 0 Å². The minimum absolute atomic E-state index is 1.02. The van der Waals surface area contributed by atoms with Crippen LogP contribution in [0.5, 0.6) is 5.75 Å². The van der Waals surface area contributed by atoms with Crippen LogP contribution in [0, 0.1) is 20.8 Å². The van der Waals surface area contributed by atoms with Gasteiger partial charge in [-0.3, -0.25) is 0 Å². The van der Waals surface area contributed by atoms with Crippen LogP contribution in [-0.4, -0.2) is 22.9 Å². The van der Waals surface area contributed by atoms with Gasteiger partial charge in [-0.25, -0.2) is 0 Å². The van der Waals surface area contributed by atoms with Crippen LogP contribution < -0.4 is 3.07 Å². The van der Waals surface area contributed by atoms with Crippen molar-refractivity contribution in [3.05, 3.63) is 28.8 Å². The maximum atomic E-state index is 5.27. The second-order valence-corrected chi connectivity index (χ2v) is 3.32. The normalized spacial score (nSPS) is 9.82. The molecule has 0 aliphatic rings. The molecule has 0 heterocycles. The molecule has 0 aromatic heterocycles. The Balaban J connectivity index is 3.25. The average molecular weight is 254 g/mol. The molecular weight excluding hydrogens is 243 g/mol. The Labute approximate surface area is 81.4 Å². The molecule has 1 aromatic carbocycles. The predicted molar refractivity (Wildman–Crippen MR) is 47.0 cm³/mol. The fourth-order valence-corrected chi connectivity index (χ4v) is 1.67. The zero-order chi connectivity index (χ0) is 8.43. The van der Waals surface area contributed by atoms with Crippen molar-refractivity contribution in [2.24, 2.45) is 0 Å². The molecule has 1 nitrogen and oxygen atoms in total. The molecular formula is C9H11OSn. The van der Waals surface area contributed by atoms with Crippen molar-refractivity contribution in [2.75, 3.05) is 0 Å². The number of benzene rings is 1. The maximum absolute atomic E-state index is 5.27. The van der Waals surface area contributed by atoms with E-state index in [4.69, 9.17) is 3.07 Å². The Morgan fingerprint density at radius 3 is 2.27 bits per heavy atom. The summed E-state index contributed by atoms with van der Waals surface area (Å²) in [6.07, 6.45) is 0. The summed E-state index contributed by atoms with van der Waals surface area (Å²) in [5, 5.41) is 0. The van der Waals surface area contributed by atoms with E-state index in [-0.39, 0.29) is 0 Å². The molecule has 0 N–H and O–H groups in total. The fraction of sp³-hybridized carbons (Fsp3) is 0.333. The third kappa shape index (κ3) is 1.69. The molecule has 57 valence electrons. The van der Waals surface area contributed by atoms with E-state index in [1.54, 1.807) is 0 Å². The van der Waals surface area contributed by atoms with Gasteiger partial charge < -0.3 is 0 Å². The molecule has 1 rings (SSSR count). The van der Waals surface area contributed by atoms with Crippen LogP contribution in [0.2, 0.25) is 0 Å². The number of hydrogen-bond acceptors (Lipinski definition) is 1. The van der Waals surface area contributed by atoms with Crippen LogP contribution in [0.1, 0.15) is 16.7 Å². The van der Waals surface area contributed by atoms with Gasteiger partial charge in [0.1, 0.15) is 0 Å². The molecule has 0 bridgehead atoms. The van der Waals surface area contributed by atoms with Gasteiger partial charge in [0, 0.05) is 0 Å². The molecule has 0 spiro atoms. The van der Waals surface area contributed by atoms with Gasteiger partial charge >= 0.3 is 81.4 Å². The van der Waals surface area contributed by atoms with Crippen LogP contribution in [-0.2, 0) is 0 Å². The summed E-state index contributed by atoms with van der Waals surface area (Å²) in [7, 11) is 0. The van der Waals surface area contributed by atoms with E-state index in [1.165, 1.54) is 16.7 Å². The van der Waals surface area contributed by atoms with E-state index in [0.29, 0.717) is 0 Å². The van der Waals surface area contributed by atoms with Crippen LogP contribution in [0.4, 0.5) is 0 Å². The molecule has 0 saturated carbocycles. The second-order valence-electron chi connectivity index (χ2n) is 2.73. The first-order valence-corrected chi connectivity index (χ1v) is 4.73. The summed E-state index contributed by atoms with van der Waals surface area (Å²) in [6, 6.07) is 4.13. The molecule has 0 saturated heterocycles. The topological polar surface area (TPSA) is 9.23 Å². The Morgan fingerprint density at radius 1 is 1.09 bits per heavy atom. The van der Waals surface area contributed by atoms with Crippen molar-refractivity contribution in [2.45, 2.75) is 20.8 Å². The third-order valence-electron chi connectivity index (χ3n) is 2.12. The molecule has 0 fully saturated rings. The van der Waals surface area contributed by atoms with Crippen molar-refractivity contribution in [1.29, 1.82) is 0 Å². The molecule has 11 heavy (non-hydrogen) atoms. The van der Waals surface area contributed by atoms with Crippen LogP contribution >= 0.6 is 0 Å². The van der Waals surface area contributed by atoms with E-state index in [9.17, 15) is 0 Å². The van der Waals surface area contributed by atoms with Gasteiger partial charge in [-0.05, 0) is 0 Å². The summed E-state index contributed by atoms with van der Waals surface area (Å²) < 4.78 is 5.27. The quantitative estimate of drug-likeness (QED) is 0.697. The van der Waals surface area contributed by atoms with Gasteiger partial charge in [-0.1, -0.05) is 0 Å². The van der Waals surface area contributed by atoms with Crippen LogP contribution in [0.3, 0.4) is 0 Å². The summed E-state index contributed by atoms with van der Waals surface area (Å²) in [4.78, 5) is 0. The Bertz CT molecular complexity index is 269. The average Bonchev–Trinajstić information content (AvgIpc) is 2.01. The zero-order valence-corrected chi connectivity index (χ0v) is 9.92. The van der Waals surface area contributed by atoms with Gasteiger partial charge in [-0.15, -0.1) is 0 Å². The van der Waals surface area contributed by atoms with Gasteiger partial charge in [0.25, 0.3) is 0 Å². The van der Waals surface area contributed by atoms with E-state index >= 15 is 0 Å². The van der Waals surface area contributed by atoms with Crippen molar-refractivity contribution in [1.82, 2.24) is 0 Å². The van der Waals surface area contributed by atoms with Gasteiger partial charge in [0.05, 0.1) is 0 Å². The zero-order valence-electron chi connectivity index (χ0n) is 7.06. The first kappa shape index (κ1) is 8.91. The summed E-state index contributed by atoms with van der Waals surface area (Å²) in [5.41, 5.74) is 3.94. The fourth-order valence-electron chi connectivity index (χ4n) is 1.04. The van der Waals surface area contributed by atoms with E-state index < -0.39 is 0 Å². The predicted octanol–water partition coefficient (Wildman–Crippen LogP) is 2.07. The monoisotopic (exact) mass is 255 g/mol. The van der Waals surface area contributed by atoms with E-state index in [2.05, 4.69) is 26.8 Å². The summed E-state index contributed by atoms with van der Waals surface area (Å²) in [5.74, 6) is 1.02. The van der Waals surface area contributed by atoms with Crippen molar-refractivity contribution >= 4 is 22.9 Å².